The van der Waals surface area contributed by atoms with Crippen LogP contribution in [-0.2, 0) is 4.79 Å². The van der Waals surface area contributed by atoms with Crippen LogP contribution < -0.4 is 21.9 Å². The van der Waals surface area contributed by atoms with Crippen molar-refractivity contribution in [2.45, 2.75) is 19.4 Å². The van der Waals surface area contributed by atoms with Crippen LogP contribution in [0.1, 0.15) is 23.7 Å². The van der Waals surface area contributed by atoms with Gasteiger partial charge in [-0.2, -0.15) is 0 Å². The Balaban J connectivity index is 2.02. The van der Waals surface area contributed by atoms with E-state index in [1.807, 2.05) is 12.1 Å². The van der Waals surface area contributed by atoms with Gasteiger partial charge in [-0.1, -0.05) is 0 Å². The lowest BCUT2D eigenvalue weighted by molar-refractivity contribution is -0.108. The van der Waals surface area contributed by atoms with E-state index in [2.05, 4.69) is 15.3 Å². The van der Waals surface area contributed by atoms with Gasteiger partial charge in [0.2, 0.25) is 0 Å². The topological polar surface area (TPSA) is 127 Å². The highest BCUT2D eigenvalue weighted by molar-refractivity contribution is 7.16. The number of hydrogen-bond acceptors (Lipinski definition) is 8. The van der Waals surface area contributed by atoms with Gasteiger partial charge in [0.1, 0.15) is 12.1 Å². The van der Waals surface area contributed by atoms with Gasteiger partial charge in [0.05, 0.1) is 27.3 Å². The van der Waals surface area contributed by atoms with Crippen molar-refractivity contribution in [1.82, 2.24) is 9.97 Å². The van der Waals surface area contributed by atoms with Crippen LogP contribution in [0.2, 0.25) is 0 Å². The summed E-state index contributed by atoms with van der Waals surface area (Å²) in [5, 5.41) is 4.03. The number of nitrogens with two attached hydrogens (primary N) is 2. The number of pyridine rings is 1. The highest BCUT2D eigenvalue weighted by Crippen LogP contribution is 2.28. The fourth-order valence-corrected chi connectivity index (χ4v) is 3.19. The zero-order chi connectivity index (χ0) is 19.6. The van der Waals surface area contributed by atoms with Gasteiger partial charge in [-0.3, -0.25) is 9.80 Å². The van der Waals surface area contributed by atoms with Crippen molar-refractivity contribution >= 4 is 51.1 Å². The number of carbonyl (C=O) groups is 2. The van der Waals surface area contributed by atoms with E-state index in [9.17, 15) is 14.0 Å². The molecule has 140 valence electrons. The van der Waals surface area contributed by atoms with Crippen molar-refractivity contribution in [3.05, 3.63) is 41.2 Å². The van der Waals surface area contributed by atoms with E-state index in [1.165, 1.54) is 11.3 Å². The molecular formula is C17H17FN6O2S. The number of nitrogens with zero attached hydrogens (tertiary/aromatic N) is 3. The van der Waals surface area contributed by atoms with Gasteiger partial charge in [-0.05, 0) is 31.2 Å². The minimum absolute atomic E-state index is 0.0662. The van der Waals surface area contributed by atoms with Gasteiger partial charge in [0.15, 0.2) is 11.6 Å². The van der Waals surface area contributed by atoms with Gasteiger partial charge >= 0.3 is 0 Å². The molecular weight excluding hydrogens is 371 g/mol. The molecule has 2 aromatic heterocycles. The number of primary amides is 1. The summed E-state index contributed by atoms with van der Waals surface area (Å²) in [4.78, 5) is 30.8. The molecule has 0 aliphatic rings. The number of halogens is 1. The molecule has 1 unspecified atom stereocenters. The second-order valence-electron chi connectivity index (χ2n) is 5.87. The molecule has 0 spiro atoms. The molecule has 0 aliphatic heterocycles. The van der Waals surface area contributed by atoms with Crippen LogP contribution in [0.25, 0.3) is 10.2 Å². The molecule has 3 rings (SSSR count). The Bertz CT molecular complexity index is 1010. The SMILES string of the molecule is CC(CC=O)N(N)c1nc(Nc2ccc3ncsc3c2)c(C(N)=O)cc1F. The summed E-state index contributed by atoms with van der Waals surface area (Å²) in [5.41, 5.74) is 8.43. The smallest absolute Gasteiger partial charge is 0.252 e. The first-order chi connectivity index (χ1) is 12.9. The van der Waals surface area contributed by atoms with Crippen LogP contribution >= 0.6 is 11.3 Å². The van der Waals surface area contributed by atoms with Crippen LogP contribution in [-0.4, -0.2) is 28.2 Å². The molecule has 27 heavy (non-hydrogen) atoms. The van der Waals surface area contributed by atoms with E-state index in [1.54, 1.807) is 18.5 Å². The van der Waals surface area contributed by atoms with Crippen LogP contribution in [0.15, 0.2) is 29.8 Å². The van der Waals surface area contributed by atoms with Gasteiger partial charge in [-0.15, -0.1) is 11.3 Å². The lowest BCUT2D eigenvalue weighted by Gasteiger charge is -2.25. The Morgan fingerprint density at radius 3 is 2.93 bits per heavy atom. The molecule has 0 bridgehead atoms. The molecule has 5 N–H and O–H groups in total. The number of anilines is 3. The first kappa shape index (κ1) is 18.7. The predicted octanol–water partition coefficient (Wildman–Crippen LogP) is 2.33. The molecule has 1 aromatic carbocycles. The van der Waals surface area contributed by atoms with Crippen LogP contribution in [0.5, 0.6) is 0 Å². The van der Waals surface area contributed by atoms with Crippen LogP contribution in [0.4, 0.5) is 21.7 Å². The Labute approximate surface area is 158 Å². The van der Waals surface area contributed by atoms with Gasteiger partial charge < -0.3 is 15.8 Å². The average molecular weight is 388 g/mol. The van der Waals surface area contributed by atoms with Crippen molar-refractivity contribution in [1.29, 1.82) is 0 Å². The molecule has 10 heteroatoms. The maximum absolute atomic E-state index is 14.4. The predicted molar refractivity (Wildman–Crippen MR) is 102 cm³/mol. The maximum Gasteiger partial charge on any atom is 0.252 e. The van der Waals surface area contributed by atoms with Crippen molar-refractivity contribution in [3.63, 3.8) is 0 Å². The Kier molecular flexibility index (Phi) is 5.28. The van der Waals surface area contributed by atoms with Crippen molar-refractivity contribution in [2.75, 3.05) is 10.3 Å². The summed E-state index contributed by atoms with van der Waals surface area (Å²) in [5.74, 6) is 4.12. The second-order valence-corrected chi connectivity index (χ2v) is 6.76. The molecule has 1 amide bonds. The van der Waals surface area contributed by atoms with Crippen LogP contribution in [0.3, 0.4) is 0 Å². The zero-order valence-electron chi connectivity index (χ0n) is 14.3. The lowest BCUT2D eigenvalue weighted by atomic mass is 10.2. The average Bonchev–Trinajstić information content (AvgIpc) is 3.10. The summed E-state index contributed by atoms with van der Waals surface area (Å²) < 4.78 is 15.4. The van der Waals surface area contributed by atoms with Crippen molar-refractivity contribution in [2.24, 2.45) is 11.6 Å². The summed E-state index contributed by atoms with van der Waals surface area (Å²) in [7, 11) is 0. The number of nitrogens with one attached hydrogen (secondary N) is 1. The highest BCUT2D eigenvalue weighted by atomic mass is 32.1. The maximum atomic E-state index is 14.4. The van der Waals surface area contributed by atoms with Crippen LogP contribution in [0, 0.1) is 5.82 Å². The monoisotopic (exact) mass is 388 g/mol. The van der Waals surface area contributed by atoms with Gasteiger partial charge in [0, 0.05) is 12.1 Å². The largest absolute Gasteiger partial charge is 0.365 e. The van der Waals surface area contributed by atoms with Crippen molar-refractivity contribution < 1.29 is 14.0 Å². The number of fused-ring (bicyclic) bond motifs is 1. The standard InChI is InChI=1S/C17H17FN6O2S/c1-9(4-5-25)24(20)17-12(18)7-11(15(19)26)16(23-17)22-10-2-3-13-14(6-10)27-8-21-13/h2-3,5-9H,4,20H2,1H3,(H2,19,26)(H,22,23). The zero-order valence-corrected chi connectivity index (χ0v) is 15.2. The molecule has 0 saturated carbocycles. The Hall–Kier alpha value is -3.11. The number of aldehydes is 1. The molecule has 1 atom stereocenters. The van der Waals surface area contributed by atoms with Gasteiger partial charge in [-0.25, -0.2) is 20.2 Å². The van der Waals surface area contributed by atoms with E-state index >= 15 is 0 Å². The molecule has 0 radical (unpaired) electrons. The minimum Gasteiger partial charge on any atom is -0.365 e. The van der Waals surface area contributed by atoms with E-state index in [4.69, 9.17) is 11.6 Å². The third kappa shape index (κ3) is 3.86. The fourth-order valence-electron chi connectivity index (χ4n) is 2.47. The summed E-state index contributed by atoms with van der Waals surface area (Å²) in [6.07, 6.45) is 0.781. The number of thiazole rings is 1. The van der Waals surface area contributed by atoms with E-state index < -0.39 is 17.8 Å². The highest BCUT2D eigenvalue weighted by Gasteiger charge is 2.21. The van der Waals surface area contributed by atoms with E-state index in [0.717, 1.165) is 21.3 Å². The number of rotatable bonds is 7. The van der Waals surface area contributed by atoms with E-state index in [0.29, 0.717) is 12.0 Å². The molecule has 3 aromatic rings. The quantitative estimate of drug-likeness (QED) is 0.322. The number of amides is 1. The molecule has 2 heterocycles. The lowest BCUT2D eigenvalue weighted by Crippen LogP contribution is -2.41. The molecule has 0 fully saturated rings. The van der Waals surface area contributed by atoms with E-state index in [-0.39, 0.29) is 23.6 Å². The number of benzene rings is 1. The first-order valence-corrected chi connectivity index (χ1v) is 8.87. The number of aromatic nitrogens is 2. The van der Waals surface area contributed by atoms with Crippen molar-refractivity contribution in [3.8, 4) is 0 Å². The normalized spacial score (nSPS) is 12.0. The minimum atomic E-state index is -0.834. The molecule has 8 nitrogen and oxygen atoms in total. The Morgan fingerprint density at radius 2 is 2.22 bits per heavy atom. The molecule has 0 saturated heterocycles. The first-order valence-electron chi connectivity index (χ1n) is 7.99. The third-order valence-corrected chi connectivity index (χ3v) is 4.77. The summed E-state index contributed by atoms with van der Waals surface area (Å²) in [6, 6.07) is 5.89. The second kappa shape index (κ2) is 7.64. The fraction of sp³-hybridized carbons (Fsp3) is 0.176. The van der Waals surface area contributed by atoms with Gasteiger partial charge in [0.25, 0.3) is 5.91 Å². The molecule has 0 aliphatic carbocycles. The summed E-state index contributed by atoms with van der Waals surface area (Å²) in [6.45, 7) is 1.66. The summed E-state index contributed by atoms with van der Waals surface area (Å²) >= 11 is 1.46. The number of carbonyl (C=O) groups excluding carboxylic acids is 2. The Morgan fingerprint density at radius 1 is 1.44 bits per heavy atom. The number of hydrazine groups is 1. The number of hydrogen-bond donors (Lipinski definition) is 3. The third-order valence-electron chi connectivity index (χ3n) is 3.97.